The van der Waals surface area contributed by atoms with Crippen LogP contribution >= 0.6 is 11.3 Å². The number of likely N-dealkylation sites (tertiary alicyclic amines) is 1. The van der Waals surface area contributed by atoms with Crippen molar-refractivity contribution in [1.29, 1.82) is 0 Å². The molecule has 1 saturated heterocycles. The van der Waals surface area contributed by atoms with Gasteiger partial charge in [-0.1, -0.05) is 6.07 Å². The quantitative estimate of drug-likeness (QED) is 0.866. The smallest absolute Gasteiger partial charge is 0.265 e. The normalized spacial score (nSPS) is 21.3. The molecule has 3 heterocycles. The number of hydrogen-bond donors (Lipinski definition) is 1. The molecule has 2 fully saturated rings. The van der Waals surface area contributed by atoms with Gasteiger partial charge in [0, 0.05) is 23.0 Å². The third kappa shape index (κ3) is 3.28. The average molecular weight is 382 g/mol. The van der Waals surface area contributed by atoms with E-state index in [9.17, 15) is 9.59 Å². The van der Waals surface area contributed by atoms with Crippen LogP contribution in [-0.4, -0.2) is 23.3 Å². The van der Waals surface area contributed by atoms with Crippen molar-refractivity contribution in [2.45, 2.75) is 44.9 Å². The number of hydrogen-bond acceptors (Lipinski definition) is 4. The molecule has 6 heteroatoms. The fourth-order valence-corrected chi connectivity index (χ4v) is 5.04. The van der Waals surface area contributed by atoms with Crippen LogP contribution in [0.5, 0.6) is 0 Å². The van der Waals surface area contributed by atoms with Crippen LogP contribution in [0.2, 0.25) is 0 Å². The van der Waals surface area contributed by atoms with Crippen molar-refractivity contribution in [2.24, 2.45) is 5.92 Å². The average Bonchev–Trinajstić information content (AvgIpc) is 3.08. The first kappa shape index (κ1) is 17.0. The monoisotopic (exact) mass is 382 g/mol. The number of carbonyl (C=O) groups is 2. The highest BCUT2D eigenvalue weighted by atomic mass is 32.1. The fraction of sp³-hybridized carbons (Fsp3) is 0.429. The van der Waals surface area contributed by atoms with Gasteiger partial charge in [0.2, 0.25) is 5.91 Å². The van der Waals surface area contributed by atoms with Crippen molar-refractivity contribution in [3.8, 4) is 0 Å². The molecule has 0 bridgehead atoms. The highest BCUT2D eigenvalue weighted by molar-refractivity contribution is 7.14. The maximum atomic E-state index is 12.7. The molecule has 5 nitrogen and oxygen atoms in total. The molecule has 0 spiro atoms. The van der Waals surface area contributed by atoms with Crippen LogP contribution in [0.1, 0.15) is 57.4 Å². The van der Waals surface area contributed by atoms with E-state index < -0.39 is 0 Å². The molecule has 2 aromatic rings. The van der Waals surface area contributed by atoms with Crippen molar-refractivity contribution in [2.75, 3.05) is 11.9 Å². The van der Waals surface area contributed by atoms with Crippen molar-refractivity contribution in [3.05, 3.63) is 51.2 Å². The van der Waals surface area contributed by atoms with Gasteiger partial charge in [-0.2, -0.15) is 0 Å². The summed E-state index contributed by atoms with van der Waals surface area (Å²) >= 11 is 1.51. The fourth-order valence-electron chi connectivity index (χ4n) is 3.99. The van der Waals surface area contributed by atoms with Crippen molar-refractivity contribution >= 4 is 28.8 Å². The number of anilines is 1. The Morgan fingerprint density at radius 1 is 1.07 bits per heavy atom. The molecule has 2 aliphatic heterocycles. The number of carbonyl (C=O) groups excluding carboxylic acids is 2. The van der Waals surface area contributed by atoms with Gasteiger partial charge in [-0.25, -0.2) is 0 Å². The standard InChI is InChI=1S/C21H22N2O3S/c24-20(22-16-6-5-14-11-26-12-15(14)10-16)19-8-7-18(27-19)17-2-1-9-23(17)21(25)13-3-4-13/h5-8,10,13,17H,1-4,9,11-12H2,(H,22,24)/t17-/m0/s1. The van der Waals surface area contributed by atoms with Crippen molar-refractivity contribution < 1.29 is 14.3 Å². The zero-order valence-corrected chi connectivity index (χ0v) is 15.9. The SMILES string of the molecule is O=C(Nc1ccc2c(c1)COC2)c1ccc([C@@H]2CCCN2C(=O)C2CC2)s1. The molecule has 1 saturated carbocycles. The van der Waals surface area contributed by atoms with Gasteiger partial charge in [0.05, 0.1) is 24.1 Å². The summed E-state index contributed by atoms with van der Waals surface area (Å²) in [6.07, 6.45) is 4.10. The zero-order chi connectivity index (χ0) is 18.4. The molecule has 0 unspecified atom stereocenters. The lowest BCUT2D eigenvalue weighted by Gasteiger charge is -2.23. The molecule has 27 heavy (non-hydrogen) atoms. The number of amides is 2. The number of rotatable bonds is 4. The van der Waals surface area contributed by atoms with Crippen LogP contribution < -0.4 is 5.32 Å². The topological polar surface area (TPSA) is 58.6 Å². The van der Waals surface area contributed by atoms with Crippen LogP contribution in [0.3, 0.4) is 0 Å². The van der Waals surface area contributed by atoms with E-state index >= 15 is 0 Å². The van der Waals surface area contributed by atoms with Gasteiger partial charge in [-0.05, 0) is 61.1 Å². The summed E-state index contributed by atoms with van der Waals surface area (Å²) in [5, 5.41) is 2.99. The highest BCUT2D eigenvalue weighted by Crippen LogP contribution is 2.40. The second kappa shape index (κ2) is 6.77. The van der Waals surface area contributed by atoms with E-state index in [1.165, 1.54) is 16.9 Å². The van der Waals surface area contributed by atoms with E-state index in [0.29, 0.717) is 24.0 Å². The summed E-state index contributed by atoms with van der Waals surface area (Å²) in [5.74, 6) is 0.456. The largest absolute Gasteiger partial charge is 0.372 e. The molecule has 0 radical (unpaired) electrons. The van der Waals surface area contributed by atoms with Crippen LogP contribution in [0, 0.1) is 5.92 Å². The van der Waals surface area contributed by atoms with Gasteiger partial charge >= 0.3 is 0 Å². The lowest BCUT2D eigenvalue weighted by atomic mass is 10.1. The van der Waals surface area contributed by atoms with Gasteiger partial charge in [0.25, 0.3) is 5.91 Å². The summed E-state index contributed by atoms with van der Waals surface area (Å²) in [6.45, 7) is 2.10. The van der Waals surface area contributed by atoms with Crippen molar-refractivity contribution in [3.63, 3.8) is 0 Å². The molecule has 3 aliphatic rings. The Morgan fingerprint density at radius 2 is 1.93 bits per heavy atom. The molecule has 140 valence electrons. The first-order valence-corrected chi connectivity index (χ1v) is 10.4. The lowest BCUT2D eigenvalue weighted by molar-refractivity contribution is -0.133. The van der Waals surface area contributed by atoms with Crippen LogP contribution in [-0.2, 0) is 22.7 Å². The van der Waals surface area contributed by atoms with Gasteiger partial charge < -0.3 is 15.0 Å². The Bertz CT molecular complexity index is 903. The third-order valence-electron chi connectivity index (χ3n) is 5.62. The number of benzene rings is 1. The molecule has 5 rings (SSSR count). The molecule has 1 aromatic carbocycles. The Labute approximate surface area is 162 Å². The Balaban J connectivity index is 1.29. The first-order valence-electron chi connectivity index (χ1n) is 9.60. The summed E-state index contributed by atoms with van der Waals surface area (Å²) < 4.78 is 5.43. The van der Waals surface area contributed by atoms with E-state index in [1.54, 1.807) is 0 Å². The molecule has 1 atom stereocenters. The Morgan fingerprint density at radius 3 is 2.78 bits per heavy atom. The van der Waals surface area contributed by atoms with Gasteiger partial charge in [0.15, 0.2) is 0 Å². The number of nitrogens with one attached hydrogen (secondary N) is 1. The summed E-state index contributed by atoms with van der Waals surface area (Å²) in [4.78, 5) is 29.0. The predicted molar refractivity (Wildman–Crippen MR) is 104 cm³/mol. The number of thiophene rings is 1. The third-order valence-corrected chi connectivity index (χ3v) is 6.81. The minimum Gasteiger partial charge on any atom is -0.372 e. The van der Waals surface area contributed by atoms with Gasteiger partial charge in [-0.3, -0.25) is 9.59 Å². The zero-order valence-electron chi connectivity index (χ0n) is 15.1. The second-order valence-electron chi connectivity index (χ2n) is 7.60. The Hall–Kier alpha value is -2.18. The van der Waals surface area contributed by atoms with Crippen molar-refractivity contribution in [1.82, 2.24) is 4.90 Å². The molecule has 2 amide bonds. The van der Waals surface area contributed by atoms with E-state index in [1.807, 2.05) is 35.2 Å². The minimum absolute atomic E-state index is 0.0943. The Kier molecular flexibility index (Phi) is 4.25. The molecular weight excluding hydrogens is 360 g/mol. The summed E-state index contributed by atoms with van der Waals surface area (Å²) in [6, 6.07) is 9.96. The maximum Gasteiger partial charge on any atom is 0.265 e. The lowest BCUT2D eigenvalue weighted by Crippen LogP contribution is -2.31. The van der Waals surface area contributed by atoms with Crippen LogP contribution in [0.25, 0.3) is 0 Å². The van der Waals surface area contributed by atoms with E-state index in [-0.39, 0.29) is 17.9 Å². The van der Waals surface area contributed by atoms with E-state index in [0.717, 1.165) is 48.4 Å². The number of fused-ring (bicyclic) bond motifs is 1. The number of ether oxygens (including phenoxy) is 1. The second-order valence-corrected chi connectivity index (χ2v) is 8.71. The molecule has 1 N–H and O–H groups in total. The highest BCUT2D eigenvalue weighted by Gasteiger charge is 2.39. The van der Waals surface area contributed by atoms with E-state index in [2.05, 4.69) is 5.32 Å². The maximum absolute atomic E-state index is 12.7. The first-order chi connectivity index (χ1) is 13.2. The van der Waals surface area contributed by atoms with Gasteiger partial charge in [-0.15, -0.1) is 11.3 Å². The number of nitrogens with zero attached hydrogens (tertiary/aromatic N) is 1. The van der Waals surface area contributed by atoms with Crippen LogP contribution in [0.4, 0.5) is 5.69 Å². The molecule has 1 aliphatic carbocycles. The van der Waals surface area contributed by atoms with E-state index in [4.69, 9.17) is 4.74 Å². The molecule has 1 aromatic heterocycles. The molecular formula is C21H22N2O3S. The summed E-state index contributed by atoms with van der Waals surface area (Å²) in [5.41, 5.74) is 3.12. The minimum atomic E-state index is -0.0943. The van der Waals surface area contributed by atoms with Crippen LogP contribution in [0.15, 0.2) is 30.3 Å². The van der Waals surface area contributed by atoms with Gasteiger partial charge in [0.1, 0.15) is 0 Å². The predicted octanol–water partition coefficient (Wildman–Crippen LogP) is 4.10. The summed E-state index contributed by atoms with van der Waals surface area (Å²) in [7, 11) is 0.